The average molecular weight is 298 g/mol. The van der Waals surface area contributed by atoms with Crippen LogP contribution in [0.25, 0.3) is 0 Å². The molecule has 0 saturated heterocycles. The second-order valence-electron chi connectivity index (χ2n) is 6.04. The van der Waals surface area contributed by atoms with Gasteiger partial charge < -0.3 is 4.74 Å². The van der Waals surface area contributed by atoms with Gasteiger partial charge in [0.25, 0.3) is 0 Å². The summed E-state index contributed by atoms with van der Waals surface area (Å²) in [6.45, 7) is 5.87. The molecule has 3 rings (SSSR count). The molecule has 0 heterocycles. The molecule has 2 aromatic rings. The van der Waals surface area contributed by atoms with Crippen LogP contribution in [0, 0.1) is 32.5 Å². The van der Waals surface area contributed by atoms with Gasteiger partial charge in [0, 0.05) is 5.92 Å². The Kier molecular flexibility index (Phi) is 3.73. The van der Waals surface area contributed by atoms with Gasteiger partial charge in [-0.15, -0.1) is 0 Å². The highest BCUT2D eigenvalue weighted by atomic mass is 19.1. The first kappa shape index (κ1) is 14.8. The van der Waals surface area contributed by atoms with Crippen LogP contribution in [0.5, 0.6) is 5.75 Å². The standard InChI is InChI=1S/C19H19FO2/c1-11-8-9-12(2)18(13(11)3)22-19(21)16-10-15(16)14-6-4-5-7-17(14)20/h4-9,15-16H,10H2,1-3H3. The number of carbonyl (C=O) groups is 1. The molecule has 114 valence electrons. The van der Waals surface area contributed by atoms with Gasteiger partial charge in [0.05, 0.1) is 5.92 Å². The summed E-state index contributed by atoms with van der Waals surface area (Å²) < 4.78 is 19.4. The number of benzene rings is 2. The molecule has 0 N–H and O–H groups in total. The Labute approximate surface area is 129 Å². The average Bonchev–Trinajstić information content (AvgIpc) is 3.28. The summed E-state index contributed by atoms with van der Waals surface area (Å²) in [6.07, 6.45) is 0.656. The molecule has 2 nitrogen and oxygen atoms in total. The molecule has 0 aliphatic heterocycles. The maximum absolute atomic E-state index is 13.8. The molecule has 0 bridgehead atoms. The number of halogens is 1. The molecule has 1 aliphatic carbocycles. The molecule has 0 spiro atoms. The van der Waals surface area contributed by atoms with Crippen molar-refractivity contribution >= 4 is 5.97 Å². The molecule has 1 saturated carbocycles. The first-order valence-electron chi connectivity index (χ1n) is 7.52. The van der Waals surface area contributed by atoms with Gasteiger partial charge in [0.2, 0.25) is 0 Å². The van der Waals surface area contributed by atoms with E-state index in [-0.39, 0.29) is 23.6 Å². The number of hydrogen-bond donors (Lipinski definition) is 0. The lowest BCUT2D eigenvalue weighted by Gasteiger charge is -2.12. The molecule has 22 heavy (non-hydrogen) atoms. The zero-order valence-corrected chi connectivity index (χ0v) is 13.0. The van der Waals surface area contributed by atoms with Crippen molar-refractivity contribution in [2.24, 2.45) is 5.92 Å². The molecule has 2 atom stereocenters. The predicted octanol–water partition coefficient (Wildman–Crippen LogP) is 4.46. The summed E-state index contributed by atoms with van der Waals surface area (Å²) in [4.78, 5) is 12.3. The van der Waals surface area contributed by atoms with Crippen molar-refractivity contribution in [1.29, 1.82) is 0 Å². The SMILES string of the molecule is Cc1ccc(C)c(OC(=O)C2CC2c2ccccc2F)c1C. The molecular weight excluding hydrogens is 279 g/mol. The Balaban J connectivity index is 1.75. The summed E-state index contributed by atoms with van der Waals surface area (Å²) in [5.41, 5.74) is 3.63. The van der Waals surface area contributed by atoms with Crippen molar-refractivity contribution in [3.63, 3.8) is 0 Å². The monoisotopic (exact) mass is 298 g/mol. The first-order valence-corrected chi connectivity index (χ1v) is 7.52. The molecular formula is C19H19FO2. The zero-order chi connectivity index (χ0) is 15.9. The fraction of sp³-hybridized carbons (Fsp3) is 0.316. The van der Waals surface area contributed by atoms with Gasteiger partial charge in [0.15, 0.2) is 0 Å². The quantitative estimate of drug-likeness (QED) is 0.617. The number of ether oxygens (including phenoxy) is 1. The van der Waals surface area contributed by atoms with Crippen LogP contribution in [0.4, 0.5) is 4.39 Å². The summed E-state index contributed by atoms with van der Waals surface area (Å²) >= 11 is 0. The van der Waals surface area contributed by atoms with Gasteiger partial charge in [-0.1, -0.05) is 30.3 Å². The largest absolute Gasteiger partial charge is 0.426 e. The Hall–Kier alpha value is -2.16. The molecule has 2 aromatic carbocycles. The highest BCUT2D eigenvalue weighted by molar-refractivity contribution is 5.80. The van der Waals surface area contributed by atoms with Crippen molar-refractivity contribution in [1.82, 2.24) is 0 Å². The summed E-state index contributed by atoms with van der Waals surface area (Å²) in [5.74, 6) is -0.157. The van der Waals surface area contributed by atoms with E-state index in [1.807, 2.05) is 32.9 Å². The third-order valence-corrected chi connectivity index (χ3v) is 4.47. The van der Waals surface area contributed by atoms with Crippen molar-refractivity contribution < 1.29 is 13.9 Å². The zero-order valence-electron chi connectivity index (χ0n) is 13.0. The van der Waals surface area contributed by atoms with Gasteiger partial charge in [-0.05, 0) is 55.5 Å². The Bertz CT molecular complexity index is 736. The molecule has 0 aromatic heterocycles. The van der Waals surface area contributed by atoms with E-state index in [4.69, 9.17) is 4.74 Å². The minimum Gasteiger partial charge on any atom is -0.426 e. The van der Waals surface area contributed by atoms with Gasteiger partial charge >= 0.3 is 5.97 Å². The van der Waals surface area contributed by atoms with Crippen LogP contribution in [-0.2, 0) is 4.79 Å². The summed E-state index contributed by atoms with van der Waals surface area (Å²) in [7, 11) is 0. The molecule has 1 fully saturated rings. The van der Waals surface area contributed by atoms with Gasteiger partial charge in [-0.25, -0.2) is 4.39 Å². The Morgan fingerprint density at radius 2 is 1.77 bits per heavy atom. The fourth-order valence-electron chi connectivity index (χ4n) is 2.83. The maximum atomic E-state index is 13.8. The van der Waals surface area contributed by atoms with E-state index >= 15 is 0 Å². The minimum absolute atomic E-state index is 0.0564. The van der Waals surface area contributed by atoms with Crippen LogP contribution >= 0.6 is 0 Å². The van der Waals surface area contributed by atoms with Crippen molar-refractivity contribution in [3.8, 4) is 5.75 Å². The smallest absolute Gasteiger partial charge is 0.314 e. The molecule has 1 aliphatic rings. The number of rotatable bonds is 3. The maximum Gasteiger partial charge on any atom is 0.314 e. The van der Waals surface area contributed by atoms with Crippen LogP contribution in [0.1, 0.15) is 34.6 Å². The van der Waals surface area contributed by atoms with E-state index < -0.39 is 0 Å². The van der Waals surface area contributed by atoms with Crippen molar-refractivity contribution in [3.05, 3.63) is 64.5 Å². The number of aryl methyl sites for hydroxylation is 2. The lowest BCUT2D eigenvalue weighted by atomic mass is 10.1. The number of hydrogen-bond acceptors (Lipinski definition) is 2. The molecule has 0 amide bonds. The second kappa shape index (κ2) is 5.56. The fourth-order valence-corrected chi connectivity index (χ4v) is 2.83. The predicted molar refractivity (Wildman–Crippen MR) is 83.5 cm³/mol. The summed E-state index contributed by atoms with van der Waals surface area (Å²) in [5, 5.41) is 0. The van der Waals surface area contributed by atoms with Gasteiger partial charge in [-0.3, -0.25) is 4.79 Å². The van der Waals surface area contributed by atoms with E-state index in [2.05, 4.69) is 0 Å². The molecule has 2 unspecified atom stereocenters. The van der Waals surface area contributed by atoms with Crippen LogP contribution in [0.3, 0.4) is 0 Å². The lowest BCUT2D eigenvalue weighted by Crippen LogP contribution is -2.13. The molecule has 3 heteroatoms. The third-order valence-electron chi connectivity index (χ3n) is 4.47. The first-order chi connectivity index (χ1) is 10.5. The normalized spacial score (nSPS) is 19.8. The number of carbonyl (C=O) groups excluding carboxylic acids is 1. The van der Waals surface area contributed by atoms with E-state index in [1.165, 1.54) is 6.07 Å². The van der Waals surface area contributed by atoms with Crippen molar-refractivity contribution in [2.75, 3.05) is 0 Å². The highest BCUT2D eigenvalue weighted by Gasteiger charge is 2.46. The lowest BCUT2D eigenvalue weighted by molar-refractivity contribution is -0.136. The van der Waals surface area contributed by atoms with Gasteiger partial charge in [0.1, 0.15) is 11.6 Å². The third kappa shape index (κ3) is 2.63. The van der Waals surface area contributed by atoms with Crippen LogP contribution < -0.4 is 4.74 Å². The van der Waals surface area contributed by atoms with Crippen LogP contribution in [0.15, 0.2) is 36.4 Å². The topological polar surface area (TPSA) is 26.3 Å². The summed E-state index contributed by atoms with van der Waals surface area (Å²) in [6, 6.07) is 10.6. The van der Waals surface area contributed by atoms with Crippen LogP contribution in [-0.4, -0.2) is 5.97 Å². The number of esters is 1. The van der Waals surface area contributed by atoms with Gasteiger partial charge in [-0.2, -0.15) is 0 Å². The highest BCUT2D eigenvalue weighted by Crippen LogP contribution is 2.49. The Morgan fingerprint density at radius 1 is 1.09 bits per heavy atom. The Morgan fingerprint density at radius 3 is 2.50 bits per heavy atom. The van der Waals surface area contributed by atoms with E-state index in [9.17, 15) is 9.18 Å². The molecule has 0 radical (unpaired) electrons. The van der Waals surface area contributed by atoms with Crippen molar-refractivity contribution in [2.45, 2.75) is 33.1 Å². The van der Waals surface area contributed by atoms with E-state index in [1.54, 1.807) is 18.2 Å². The van der Waals surface area contributed by atoms with E-state index in [0.29, 0.717) is 17.7 Å². The van der Waals surface area contributed by atoms with Crippen LogP contribution in [0.2, 0.25) is 0 Å². The van der Waals surface area contributed by atoms with E-state index in [0.717, 1.165) is 16.7 Å². The second-order valence-corrected chi connectivity index (χ2v) is 6.04. The minimum atomic E-state index is -0.259.